The van der Waals surface area contributed by atoms with Crippen LogP contribution in [0.3, 0.4) is 0 Å². The summed E-state index contributed by atoms with van der Waals surface area (Å²) in [6.45, 7) is 3.95. The van der Waals surface area contributed by atoms with Crippen molar-refractivity contribution >= 4 is 11.6 Å². The fourth-order valence-electron chi connectivity index (χ4n) is 3.21. The molecular weight excluding hydrogens is 326 g/mol. The molecule has 2 aromatic rings. The molecule has 0 unspecified atom stereocenters. The van der Waals surface area contributed by atoms with Gasteiger partial charge in [0, 0.05) is 5.69 Å². The van der Waals surface area contributed by atoms with E-state index in [2.05, 4.69) is 5.32 Å². The summed E-state index contributed by atoms with van der Waals surface area (Å²) < 4.78 is 11.8. The van der Waals surface area contributed by atoms with Gasteiger partial charge in [-0.3, -0.25) is 4.79 Å². The third kappa shape index (κ3) is 5.01. The van der Waals surface area contributed by atoms with Gasteiger partial charge in [-0.05, 0) is 81.0 Å². The largest absolute Gasteiger partial charge is 0.490 e. The van der Waals surface area contributed by atoms with Crippen molar-refractivity contribution in [2.75, 3.05) is 5.32 Å². The van der Waals surface area contributed by atoms with Crippen LogP contribution in [0.2, 0.25) is 0 Å². The van der Waals surface area contributed by atoms with E-state index in [0.29, 0.717) is 18.3 Å². The van der Waals surface area contributed by atoms with Gasteiger partial charge in [-0.2, -0.15) is 0 Å². The first-order chi connectivity index (χ1) is 12.6. The van der Waals surface area contributed by atoms with E-state index in [4.69, 9.17) is 9.47 Å². The number of carbonyl (C=O) groups is 1. The van der Waals surface area contributed by atoms with Crippen molar-refractivity contribution < 1.29 is 14.3 Å². The van der Waals surface area contributed by atoms with Gasteiger partial charge in [0.05, 0.1) is 6.10 Å². The molecule has 2 aromatic carbocycles. The maximum Gasteiger partial charge on any atom is 0.265 e. The third-order valence-corrected chi connectivity index (χ3v) is 4.66. The van der Waals surface area contributed by atoms with E-state index in [1.165, 1.54) is 12.8 Å². The molecule has 0 aromatic heterocycles. The Morgan fingerprint density at radius 1 is 1.12 bits per heavy atom. The van der Waals surface area contributed by atoms with Crippen molar-refractivity contribution in [2.24, 2.45) is 0 Å². The van der Waals surface area contributed by atoms with E-state index >= 15 is 0 Å². The number of carbonyl (C=O) groups excluding carboxylic acids is 1. The van der Waals surface area contributed by atoms with Crippen LogP contribution in [0.4, 0.5) is 5.69 Å². The lowest BCUT2D eigenvalue weighted by molar-refractivity contribution is -0.122. The highest BCUT2D eigenvalue weighted by Crippen LogP contribution is 2.25. The number of anilines is 1. The molecule has 1 amide bonds. The maximum absolute atomic E-state index is 12.5. The first-order valence-corrected chi connectivity index (χ1v) is 9.45. The lowest BCUT2D eigenvalue weighted by Gasteiger charge is -2.18. The van der Waals surface area contributed by atoms with E-state index in [1.807, 2.05) is 62.4 Å². The third-order valence-electron chi connectivity index (χ3n) is 4.66. The number of ether oxygens (including phenoxy) is 2. The molecule has 4 heteroatoms. The zero-order valence-electron chi connectivity index (χ0n) is 15.5. The zero-order chi connectivity index (χ0) is 18.4. The quantitative estimate of drug-likeness (QED) is 0.752. The van der Waals surface area contributed by atoms with Crippen LogP contribution in [-0.4, -0.2) is 18.1 Å². The summed E-state index contributed by atoms with van der Waals surface area (Å²) in [7, 11) is 0. The molecule has 1 aliphatic rings. The van der Waals surface area contributed by atoms with Crippen LogP contribution >= 0.6 is 0 Å². The van der Waals surface area contributed by atoms with Crippen molar-refractivity contribution in [3.05, 3.63) is 54.1 Å². The average Bonchev–Trinajstić information content (AvgIpc) is 3.14. The highest BCUT2D eigenvalue weighted by Gasteiger charge is 2.19. The molecule has 0 aliphatic heterocycles. The summed E-state index contributed by atoms with van der Waals surface area (Å²) in [4.78, 5) is 12.5. The smallest absolute Gasteiger partial charge is 0.265 e. The van der Waals surface area contributed by atoms with Gasteiger partial charge in [-0.25, -0.2) is 0 Å². The molecule has 0 heterocycles. The Hall–Kier alpha value is -2.49. The Morgan fingerprint density at radius 3 is 2.50 bits per heavy atom. The number of aryl methyl sites for hydroxylation is 1. The minimum atomic E-state index is -0.522. The topological polar surface area (TPSA) is 47.6 Å². The SMILES string of the molecule is CC[C@@H](Oc1cccc(C)c1)C(=O)Nc1ccc(OC2CCCC2)cc1. The van der Waals surface area contributed by atoms with Crippen molar-refractivity contribution in [3.63, 3.8) is 0 Å². The first kappa shape index (κ1) is 18.3. The predicted molar refractivity (Wildman–Crippen MR) is 104 cm³/mol. The van der Waals surface area contributed by atoms with Crippen LogP contribution in [0.25, 0.3) is 0 Å². The van der Waals surface area contributed by atoms with Crippen LogP contribution < -0.4 is 14.8 Å². The summed E-state index contributed by atoms with van der Waals surface area (Å²) in [6.07, 6.45) is 5.17. The maximum atomic E-state index is 12.5. The van der Waals surface area contributed by atoms with Crippen molar-refractivity contribution in [3.8, 4) is 11.5 Å². The number of nitrogens with one attached hydrogen (secondary N) is 1. The normalized spacial score (nSPS) is 15.5. The molecule has 26 heavy (non-hydrogen) atoms. The number of amides is 1. The Morgan fingerprint density at radius 2 is 1.85 bits per heavy atom. The van der Waals surface area contributed by atoms with E-state index in [-0.39, 0.29) is 5.91 Å². The van der Waals surface area contributed by atoms with Gasteiger partial charge in [0.2, 0.25) is 0 Å². The molecule has 0 bridgehead atoms. The van der Waals surface area contributed by atoms with E-state index < -0.39 is 6.10 Å². The summed E-state index contributed by atoms with van der Waals surface area (Å²) >= 11 is 0. The molecule has 1 aliphatic carbocycles. The van der Waals surface area contributed by atoms with Crippen LogP contribution in [0.5, 0.6) is 11.5 Å². The van der Waals surface area contributed by atoms with Gasteiger partial charge in [0.1, 0.15) is 11.5 Å². The number of rotatable bonds is 7. The molecule has 1 N–H and O–H groups in total. The predicted octanol–water partition coefficient (Wildman–Crippen LogP) is 5.11. The summed E-state index contributed by atoms with van der Waals surface area (Å²) in [5.41, 5.74) is 1.86. The molecule has 1 fully saturated rings. The second kappa shape index (κ2) is 8.75. The summed E-state index contributed by atoms with van der Waals surface area (Å²) in [6, 6.07) is 15.3. The standard InChI is InChI=1S/C22H27NO3/c1-3-21(26-20-10-6-7-16(2)15-20)22(24)23-17-11-13-19(14-12-17)25-18-8-4-5-9-18/h6-7,10-15,18,21H,3-5,8-9H2,1-2H3,(H,23,24)/t21-/m1/s1. The Balaban J connectivity index is 1.56. The summed E-state index contributed by atoms with van der Waals surface area (Å²) in [5.74, 6) is 1.43. The van der Waals surface area contributed by atoms with Gasteiger partial charge < -0.3 is 14.8 Å². The van der Waals surface area contributed by atoms with Crippen LogP contribution in [-0.2, 0) is 4.79 Å². The highest BCUT2D eigenvalue weighted by atomic mass is 16.5. The number of benzene rings is 2. The summed E-state index contributed by atoms with van der Waals surface area (Å²) in [5, 5.41) is 2.93. The van der Waals surface area contributed by atoms with Gasteiger partial charge in [0.15, 0.2) is 6.10 Å². The molecule has 1 atom stereocenters. The molecule has 3 rings (SSSR count). The first-order valence-electron chi connectivity index (χ1n) is 9.45. The number of hydrogen-bond donors (Lipinski definition) is 1. The van der Waals surface area contributed by atoms with Crippen molar-refractivity contribution in [2.45, 2.75) is 58.2 Å². The average molecular weight is 353 g/mol. The molecule has 0 spiro atoms. The Kier molecular flexibility index (Phi) is 6.16. The highest BCUT2D eigenvalue weighted by molar-refractivity contribution is 5.94. The van der Waals surface area contributed by atoms with E-state index in [1.54, 1.807) is 0 Å². The Labute approximate surface area is 155 Å². The molecule has 0 saturated heterocycles. The Bertz CT molecular complexity index is 720. The molecule has 0 radical (unpaired) electrons. The van der Waals surface area contributed by atoms with Gasteiger partial charge in [-0.1, -0.05) is 19.1 Å². The molecule has 138 valence electrons. The van der Waals surface area contributed by atoms with Crippen LogP contribution in [0, 0.1) is 6.92 Å². The minimum absolute atomic E-state index is 0.140. The van der Waals surface area contributed by atoms with E-state index in [0.717, 1.165) is 29.8 Å². The lowest BCUT2D eigenvalue weighted by Crippen LogP contribution is -2.32. The van der Waals surface area contributed by atoms with Crippen LogP contribution in [0.15, 0.2) is 48.5 Å². The van der Waals surface area contributed by atoms with Gasteiger partial charge >= 0.3 is 0 Å². The lowest BCUT2D eigenvalue weighted by atomic mass is 10.2. The zero-order valence-corrected chi connectivity index (χ0v) is 15.5. The number of hydrogen-bond acceptors (Lipinski definition) is 3. The van der Waals surface area contributed by atoms with E-state index in [9.17, 15) is 4.79 Å². The fraction of sp³-hybridized carbons (Fsp3) is 0.409. The second-order valence-electron chi connectivity index (χ2n) is 6.87. The molecule has 1 saturated carbocycles. The monoisotopic (exact) mass is 353 g/mol. The molecule has 4 nitrogen and oxygen atoms in total. The second-order valence-corrected chi connectivity index (χ2v) is 6.87. The van der Waals surface area contributed by atoms with Crippen LogP contribution in [0.1, 0.15) is 44.6 Å². The van der Waals surface area contributed by atoms with Gasteiger partial charge in [0.25, 0.3) is 5.91 Å². The fourth-order valence-corrected chi connectivity index (χ4v) is 3.21. The van der Waals surface area contributed by atoms with Crippen molar-refractivity contribution in [1.82, 2.24) is 0 Å². The van der Waals surface area contributed by atoms with Crippen molar-refractivity contribution in [1.29, 1.82) is 0 Å². The molecular formula is C22H27NO3. The van der Waals surface area contributed by atoms with Gasteiger partial charge in [-0.15, -0.1) is 0 Å². The minimum Gasteiger partial charge on any atom is -0.490 e.